The van der Waals surface area contributed by atoms with E-state index in [1.165, 1.54) is 23.4 Å². The molecule has 5 heterocycles. The van der Waals surface area contributed by atoms with E-state index >= 15 is 0 Å². The molecule has 10 nitrogen and oxygen atoms in total. The zero-order valence-corrected chi connectivity index (χ0v) is 17.3. The second kappa shape index (κ2) is 6.73. The van der Waals surface area contributed by atoms with Crippen LogP contribution in [0.3, 0.4) is 0 Å². The molecule has 12 heteroatoms. The smallest absolute Gasteiger partial charge is 0.258 e. The summed E-state index contributed by atoms with van der Waals surface area (Å²) >= 11 is 12.3. The molecule has 0 spiro atoms. The van der Waals surface area contributed by atoms with Gasteiger partial charge in [0.15, 0.2) is 22.7 Å². The van der Waals surface area contributed by atoms with Crippen LogP contribution in [0, 0.1) is 0 Å². The van der Waals surface area contributed by atoms with E-state index in [1.807, 2.05) is 13.8 Å². The number of halogens is 2. The number of ether oxygens (including phenoxy) is 1. The predicted molar refractivity (Wildman–Crippen MR) is 108 cm³/mol. The normalized spacial score (nSPS) is 17.3. The zero-order chi connectivity index (χ0) is 21.0. The van der Waals surface area contributed by atoms with Gasteiger partial charge in [0.1, 0.15) is 5.60 Å². The number of nitrogens with one attached hydrogen (secondary N) is 1. The Balaban J connectivity index is 1.46. The Kier molecular flexibility index (Phi) is 4.24. The molecule has 152 valence electrons. The molecule has 0 radical (unpaired) electrons. The van der Waals surface area contributed by atoms with Crippen LogP contribution in [0.4, 0.5) is 5.69 Å². The van der Waals surface area contributed by atoms with Crippen molar-refractivity contribution in [1.82, 2.24) is 34.6 Å². The first-order chi connectivity index (χ1) is 14.3. The summed E-state index contributed by atoms with van der Waals surface area (Å²) in [5, 5.41) is 15.6. The first-order valence-corrected chi connectivity index (χ1v) is 9.65. The van der Waals surface area contributed by atoms with E-state index in [9.17, 15) is 4.79 Å². The fraction of sp³-hybridized carbons (Fsp3) is 0.222. The van der Waals surface area contributed by atoms with Crippen LogP contribution in [0.15, 0.2) is 36.9 Å². The summed E-state index contributed by atoms with van der Waals surface area (Å²) in [4.78, 5) is 22.9. The summed E-state index contributed by atoms with van der Waals surface area (Å²) in [5.41, 5.74) is 1.54. The third-order valence-electron chi connectivity index (χ3n) is 4.68. The average molecular weight is 445 g/mol. The van der Waals surface area contributed by atoms with Gasteiger partial charge in [-0.1, -0.05) is 23.2 Å². The van der Waals surface area contributed by atoms with Gasteiger partial charge in [-0.3, -0.25) is 4.79 Å². The van der Waals surface area contributed by atoms with Gasteiger partial charge < -0.3 is 10.1 Å². The Bertz CT molecular complexity index is 1290. The summed E-state index contributed by atoms with van der Waals surface area (Å²) in [6.07, 6.45) is 5.23. The number of aromatic nitrogens is 7. The molecule has 1 atom stereocenters. The van der Waals surface area contributed by atoms with Crippen molar-refractivity contribution in [3.8, 4) is 5.82 Å². The van der Waals surface area contributed by atoms with E-state index in [4.69, 9.17) is 27.9 Å². The molecule has 1 N–H and O–H groups in total. The summed E-state index contributed by atoms with van der Waals surface area (Å²) < 4.78 is 7.66. The fourth-order valence-electron chi connectivity index (χ4n) is 3.50. The highest BCUT2D eigenvalue weighted by Crippen LogP contribution is 2.43. The van der Waals surface area contributed by atoms with E-state index in [0.29, 0.717) is 27.9 Å². The molecule has 0 aliphatic carbocycles. The molecule has 0 bridgehead atoms. The van der Waals surface area contributed by atoms with Crippen LogP contribution in [-0.4, -0.2) is 40.5 Å². The van der Waals surface area contributed by atoms with Crippen molar-refractivity contribution >= 4 is 40.4 Å². The van der Waals surface area contributed by atoms with Crippen LogP contribution in [0.25, 0.3) is 11.5 Å². The highest BCUT2D eigenvalue weighted by Gasteiger charge is 2.44. The largest absolute Gasteiger partial charge is 0.351 e. The molecule has 0 aromatic carbocycles. The summed E-state index contributed by atoms with van der Waals surface area (Å²) in [7, 11) is 0. The number of hydrogen-bond acceptors (Lipinski definition) is 7. The molecule has 0 saturated heterocycles. The zero-order valence-electron chi connectivity index (χ0n) is 15.7. The van der Waals surface area contributed by atoms with Crippen LogP contribution >= 0.6 is 23.2 Å². The average Bonchev–Trinajstić information content (AvgIpc) is 3.39. The number of fused-ring (bicyclic) bond motifs is 3. The Morgan fingerprint density at radius 1 is 1.17 bits per heavy atom. The van der Waals surface area contributed by atoms with Crippen molar-refractivity contribution in [2.45, 2.75) is 25.6 Å². The van der Waals surface area contributed by atoms with Crippen molar-refractivity contribution in [2.24, 2.45) is 0 Å². The van der Waals surface area contributed by atoms with Gasteiger partial charge in [0.05, 0.1) is 35.0 Å². The molecule has 0 unspecified atom stereocenters. The number of nitrogens with zero attached hydrogens (tertiary/aromatic N) is 7. The van der Waals surface area contributed by atoms with Crippen LogP contribution in [0.2, 0.25) is 10.2 Å². The van der Waals surface area contributed by atoms with Crippen molar-refractivity contribution < 1.29 is 9.53 Å². The maximum atomic E-state index is 13.0. The van der Waals surface area contributed by atoms with Gasteiger partial charge in [-0.2, -0.15) is 15.3 Å². The minimum atomic E-state index is -0.888. The number of hydrogen-bond donors (Lipinski definition) is 1. The monoisotopic (exact) mass is 444 g/mol. The molecule has 1 amide bonds. The first-order valence-electron chi connectivity index (χ1n) is 8.89. The molecule has 5 rings (SSSR count). The maximum Gasteiger partial charge on any atom is 0.258 e. The minimum Gasteiger partial charge on any atom is -0.351 e. The SMILES string of the molecule is CC1(C)O[C@H](C(=O)Nc2cnc(-n3nccn3)c(Cl)c2)c2cnc3cc(Cl)nn3c21. The van der Waals surface area contributed by atoms with E-state index in [0.717, 1.165) is 5.69 Å². The molecule has 4 aromatic heterocycles. The summed E-state index contributed by atoms with van der Waals surface area (Å²) in [5.74, 6) is -0.0329. The Morgan fingerprint density at radius 2 is 1.93 bits per heavy atom. The topological polar surface area (TPSA) is 112 Å². The van der Waals surface area contributed by atoms with Gasteiger partial charge in [0.2, 0.25) is 0 Å². The molecular formula is C18H14Cl2N8O2. The van der Waals surface area contributed by atoms with Crippen LogP contribution < -0.4 is 5.32 Å². The standard InChI is InChI=1S/C18H14Cl2N8O2/c1-18(2)15-10(8-21-13-6-12(20)26-27(13)15)14(30-18)17(29)25-9-5-11(19)16(22-7-9)28-23-3-4-24-28/h3-8,14H,1-2H3,(H,25,29)/t14-/m0/s1. The lowest BCUT2D eigenvalue weighted by Gasteiger charge is -2.20. The van der Waals surface area contributed by atoms with Crippen molar-refractivity contribution in [1.29, 1.82) is 0 Å². The molecule has 1 aliphatic heterocycles. The molecule has 30 heavy (non-hydrogen) atoms. The second-order valence-electron chi connectivity index (χ2n) is 7.14. The van der Waals surface area contributed by atoms with Crippen molar-refractivity contribution in [2.75, 3.05) is 5.32 Å². The van der Waals surface area contributed by atoms with Gasteiger partial charge in [0, 0.05) is 17.8 Å². The quantitative estimate of drug-likeness (QED) is 0.516. The summed E-state index contributed by atoms with van der Waals surface area (Å²) in [6, 6.07) is 3.22. The molecule has 4 aromatic rings. The first kappa shape index (κ1) is 18.9. The lowest BCUT2D eigenvalue weighted by molar-refractivity contribution is -0.135. The second-order valence-corrected chi connectivity index (χ2v) is 7.94. The van der Waals surface area contributed by atoms with E-state index in [2.05, 4.69) is 30.6 Å². The highest BCUT2D eigenvalue weighted by atomic mass is 35.5. The molecule has 1 aliphatic rings. The maximum absolute atomic E-state index is 13.0. The van der Waals surface area contributed by atoms with Gasteiger partial charge in [-0.15, -0.1) is 4.80 Å². The third kappa shape index (κ3) is 3.00. The van der Waals surface area contributed by atoms with Gasteiger partial charge >= 0.3 is 0 Å². The number of amides is 1. The van der Waals surface area contributed by atoms with Crippen LogP contribution in [-0.2, 0) is 15.1 Å². The molecule has 0 saturated carbocycles. The van der Waals surface area contributed by atoms with Crippen molar-refractivity contribution in [3.05, 3.63) is 58.4 Å². The van der Waals surface area contributed by atoms with Gasteiger partial charge in [-0.25, -0.2) is 14.5 Å². The van der Waals surface area contributed by atoms with Crippen LogP contribution in [0.1, 0.15) is 31.2 Å². The number of carbonyl (C=O) groups is 1. The van der Waals surface area contributed by atoms with E-state index < -0.39 is 11.7 Å². The Labute approximate surface area is 179 Å². The predicted octanol–water partition coefficient (Wildman–Crippen LogP) is 2.96. The molecular weight excluding hydrogens is 431 g/mol. The number of rotatable bonds is 3. The van der Waals surface area contributed by atoms with E-state index in [-0.39, 0.29) is 10.9 Å². The lowest BCUT2D eigenvalue weighted by atomic mass is 10.0. The highest BCUT2D eigenvalue weighted by molar-refractivity contribution is 6.32. The minimum absolute atomic E-state index is 0.284. The number of carbonyl (C=O) groups excluding carboxylic acids is 1. The summed E-state index contributed by atoms with van der Waals surface area (Å²) in [6.45, 7) is 3.72. The Morgan fingerprint density at radius 3 is 2.67 bits per heavy atom. The molecule has 0 fully saturated rings. The third-order valence-corrected chi connectivity index (χ3v) is 5.15. The lowest BCUT2D eigenvalue weighted by Crippen LogP contribution is -2.24. The number of anilines is 1. The van der Waals surface area contributed by atoms with Gasteiger partial charge in [0.25, 0.3) is 5.91 Å². The number of pyridine rings is 1. The van der Waals surface area contributed by atoms with Crippen LogP contribution in [0.5, 0.6) is 0 Å². The van der Waals surface area contributed by atoms with Crippen molar-refractivity contribution in [3.63, 3.8) is 0 Å². The Hall–Kier alpha value is -3.08. The van der Waals surface area contributed by atoms with E-state index in [1.54, 1.807) is 22.8 Å². The fourth-order valence-corrected chi connectivity index (χ4v) is 3.92. The van der Waals surface area contributed by atoms with Gasteiger partial charge in [-0.05, 0) is 19.9 Å².